The number of rotatable bonds is 6. The molecule has 0 N–H and O–H groups in total. The normalized spacial score (nSPS) is 16.7. The molecule has 0 bridgehead atoms. The molecule has 0 unspecified atom stereocenters. The van der Waals surface area contributed by atoms with E-state index < -0.39 is 0 Å². The number of hydrogen-bond donors (Lipinski definition) is 0. The summed E-state index contributed by atoms with van der Waals surface area (Å²) in [5.74, 6) is 0.964. The van der Waals surface area contributed by atoms with E-state index in [1.165, 1.54) is 10.7 Å². The number of hydrogen-bond acceptors (Lipinski definition) is 4. The van der Waals surface area contributed by atoms with Crippen molar-refractivity contribution < 1.29 is 14.3 Å². The third-order valence-electron chi connectivity index (χ3n) is 3.82. The Bertz CT molecular complexity index is 441. The second-order valence-corrected chi connectivity index (χ2v) is 6.54. The average molecular weight is 403 g/mol. The first-order valence-corrected chi connectivity index (χ1v) is 8.45. The Labute approximate surface area is 139 Å². The summed E-state index contributed by atoms with van der Waals surface area (Å²) in [5, 5.41) is 0. The molecule has 2 rings (SSSR count). The molecular weight excluding hydrogens is 381 g/mol. The van der Waals surface area contributed by atoms with Crippen molar-refractivity contribution in [3.8, 4) is 5.75 Å². The van der Waals surface area contributed by atoms with Crippen molar-refractivity contribution in [2.45, 2.75) is 19.3 Å². The summed E-state index contributed by atoms with van der Waals surface area (Å²) < 4.78 is 11.7. The molecule has 1 heterocycles. The van der Waals surface area contributed by atoms with E-state index in [9.17, 15) is 4.79 Å². The zero-order valence-corrected chi connectivity index (χ0v) is 14.5. The summed E-state index contributed by atoms with van der Waals surface area (Å²) >= 11 is 2.28. The summed E-state index contributed by atoms with van der Waals surface area (Å²) in [7, 11) is 1.47. The van der Waals surface area contributed by atoms with Gasteiger partial charge in [-0.3, -0.25) is 4.79 Å². The minimum Gasteiger partial charge on any atom is -0.494 e. The molecule has 1 fully saturated rings. The van der Waals surface area contributed by atoms with E-state index in [-0.39, 0.29) is 11.9 Å². The molecule has 1 aromatic carbocycles. The summed E-state index contributed by atoms with van der Waals surface area (Å²) in [6.45, 7) is 3.71. The van der Waals surface area contributed by atoms with Gasteiger partial charge in [-0.25, -0.2) is 0 Å². The van der Waals surface area contributed by atoms with E-state index in [0.717, 1.165) is 51.3 Å². The number of nitrogens with zero attached hydrogens (tertiary/aromatic N) is 1. The van der Waals surface area contributed by atoms with Gasteiger partial charge in [0.05, 0.1) is 19.6 Å². The van der Waals surface area contributed by atoms with Crippen LogP contribution in [0.2, 0.25) is 0 Å². The Balaban J connectivity index is 1.60. The fraction of sp³-hybridized carbons (Fsp3) is 0.562. The third kappa shape index (κ3) is 5.47. The zero-order valence-electron chi connectivity index (χ0n) is 12.4. The molecule has 1 aliphatic rings. The highest BCUT2D eigenvalue weighted by Gasteiger charge is 2.25. The van der Waals surface area contributed by atoms with Gasteiger partial charge in [0, 0.05) is 10.1 Å². The van der Waals surface area contributed by atoms with E-state index in [1.54, 1.807) is 0 Å². The van der Waals surface area contributed by atoms with Crippen LogP contribution < -0.4 is 4.74 Å². The van der Waals surface area contributed by atoms with Crippen LogP contribution in [0, 0.1) is 9.49 Å². The predicted octanol–water partition coefficient (Wildman–Crippen LogP) is 2.95. The van der Waals surface area contributed by atoms with Crippen LogP contribution in [0.15, 0.2) is 24.3 Å². The lowest BCUT2D eigenvalue weighted by Crippen LogP contribution is -2.37. The number of ether oxygens (including phenoxy) is 2. The Hall–Kier alpha value is -0.820. The van der Waals surface area contributed by atoms with Gasteiger partial charge in [-0.15, -0.1) is 0 Å². The van der Waals surface area contributed by atoms with E-state index in [4.69, 9.17) is 9.47 Å². The monoisotopic (exact) mass is 403 g/mol. The predicted molar refractivity (Wildman–Crippen MR) is 90.5 cm³/mol. The lowest BCUT2D eigenvalue weighted by Gasteiger charge is -2.30. The van der Waals surface area contributed by atoms with Crippen molar-refractivity contribution in [2.24, 2.45) is 5.92 Å². The van der Waals surface area contributed by atoms with Crippen molar-refractivity contribution >= 4 is 28.6 Å². The van der Waals surface area contributed by atoms with Crippen molar-refractivity contribution in [2.75, 3.05) is 33.4 Å². The number of esters is 1. The van der Waals surface area contributed by atoms with Gasteiger partial charge in [-0.2, -0.15) is 0 Å². The van der Waals surface area contributed by atoms with Crippen molar-refractivity contribution in [1.82, 2.24) is 4.90 Å². The Morgan fingerprint density at radius 2 is 1.95 bits per heavy atom. The topological polar surface area (TPSA) is 38.8 Å². The highest BCUT2D eigenvalue weighted by molar-refractivity contribution is 14.1. The molecule has 1 aromatic rings. The molecular formula is C16H22INO3. The van der Waals surface area contributed by atoms with E-state index in [1.807, 2.05) is 24.3 Å². The maximum Gasteiger partial charge on any atom is 0.308 e. The fourth-order valence-electron chi connectivity index (χ4n) is 2.57. The van der Waals surface area contributed by atoms with E-state index in [0.29, 0.717) is 0 Å². The quantitative estimate of drug-likeness (QED) is 0.416. The molecule has 5 heteroatoms. The Morgan fingerprint density at radius 3 is 2.57 bits per heavy atom. The van der Waals surface area contributed by atoms with Crippen LogP contribution in [0.5, 0.6) is 5.75 Å². The van der Waals surface area contributed by atoms with Gasteiger partial charge < -0.3 is 14.4 Å². The van der Waals surface area contributed by atoms with Gasteiger partial charge in [0.2, 0.25) is 0 Å². The van der Waals surface area contributed by atoms with Crippen LogP contribution >= 0.6 is 22.6 Å². The molecule has 0 saturated carbocycles. The Kier molecular flexibility index (Phi) is 6.76. The van der Waals surface area contributed by atoms with Crippen LogP contribution in [0.4, 0.5) is 0 Å². The number of likely N-dealkylation sites (tertiary alicyclic amines) is 1. The first-order chi connectivity index (χ1) is 10.2. The SMILES string of the molecule is COC(=O)C1CCN(CCCOc2ccc(I)cc2)CC1. The zero-order chi connectivity index (χ0) is 15.1. The fourth-order valence-corrected chi connectivity index (χ4v) is 2.93. The van der Waals surface area contributed by atoms with Gasteiger partial charge in [-0.1, -0.05) is 0 Å². The average Bonchev–Trinajstić information content (AvgIpc) is 2.53. The highest BCUT2D eigenvalue weighted by atomic mass is 127. The molecule has 0 aromatic heterocycles. The summed E-state index contributed by atoms with van der Waals surface area (Å²) in [6.07, 6.45) is 2.82. The highest BCUT2D eigenvalue weighted by Crippen LogP contribution is 2.18. The number of methoxy groups -OCH3 is 1. The van der Waals surface area contributed by atoms with Gasteiger partial charge in [0.1, 0.15) is 5.75 Å². The van der Waals surface area contributed by atoms with Crippen molar-refractivity contribution in [3.05, 3.63) is 27.8 Å². The molecule has 1 saturated heterocycles. The molecule has 21 heavy (non-hydrogen) atoms. The molecule has 0 amide bonds. The largest absolute Gasteiger partial charge is 0.494 e. The Morgan fingerprint density at radius 1 is 1.29 bits per heavy atom. The first-order valence-electron chi connectivity index (χ1n) is 7.37. The lowest BCUT2D eigenvalue weighted by atomic mass is 9.97. The minimum absolute atomic E-state index is 0.0586. The number of piperidine rings is 1. The summed E-state index contributed by atoms with van der Waals surface area (Å²) in [6, 6.07) is 8.11. The molecule has 4 nitrogen and oxygen atoms in total. The van der Waals surface area contributed by atoms with Crippen LogP contribution in [-0.2, 0) is 9.53 Å². The summed E-state index contributed by atoms with van der Waals surface area (Å²) in [5.41, 5.74) is 0. The molecule has 0 spiro atoms. The molecule has 0 radical (unpaired) electrons. The first kappa shape index (κ1) is 16.5. The number of carbonyl (C=O) groups excluding carboxylic acids is 1. The molecule has 1 aliphatic heterocycles. The number of halogens is 1. The smallest absolute Gasteiger partial charge is 0.308 e. The van der Waals surface area contributed by atoms with Crippen LogP contribution in [0.1, 0.15) is 19.3 Å². The lowest BCUT2D eigenvalue weighted by molar-refractivity contribution is -0.147. The number of carbonyl (C=O) groups is 1. The maximum atomic E-state index is 11.5. The molecule has 0 atom stereocenters. The maximum absolute atomic E-state index is 11.5. The van der Waals surface area contributed by atoms with Crippen LogP contribution in [-0.4, -0.2) is 44.2 Å². The minimum atomic E-state index is -0.0586. The standard InChI is InChI=1S/C16H22INO3/c1-20-16(19)13-7-10-18(11-8-13)9-2-12-21-15-5-3-14(17)4-6-15/h3-6,13H,2,7-12H2,1H3. The van der Waals surface area contributed by atoms with Crippen LogP contribution in [0.3, 0.4) is 0 Å². The molecule has 116 valence electrons. The second kappa shape index (κ2) is 8.58. The third-order valence-corrected chi connectivity index (χ3v) is 4.54. The summed E-state index contributed by atoms with van der Waals surface area (Å²) in [4.78, 5) is 13.9. The van der Waals surface area contributed by atoms with Gasteiger partial charge in [0.15, 0.2) is 0 Å². The van der Waals surface area contributed by atoms with Crippen molar-refractivity contribution in [3.63, 3.8) is 0 Å². The van der Waals surface area contributed by atoms with E-state index >= 15 is 0 Å². The van der Waals surface area contributed by atoms with Crippen LogP contribution in [0.25, 0.3) is 0 Å². The van der Waals surface area contributed by atoms with Crippen molar-refractivity contribution in [1.29, 1.82) is 0 Å². The number of benzene rings is 1. The van der Waals surface area contributed by atoms with Gasteiger partial charge >= 0.3 is 5.97 Å². The molecule has 0 aliphatic carbocycles. The van der Waals surface area contributed by atoms with E-state index in [2.05, 4.69) is 27.5 Å². The van der Waals surface area contributed by atoms with Gasteiger partial charge in [0.25, 0.3) is 0 Å². The van der Waals surface area contributed by atoms with Gasteiger partial charge in [-0.05, 0) is 79.2 Å². The second-order valence-electron chi connectivity index (χ2n) is 5.30.